The molecule has 0 aliphatic heterocycles. The van der Waals surface area contributed by atoms with Crippen molar-refractivity contribution < 1.29 is 9.13 Å². The third-order valence-corrected chi connectivity index (χ3v) is 2.59. The second kappa shape index (κ2) is 6.04. The second-order valence-electron chi connectivity index (χ2n) is 5.40. The Morgan fingerprint density at radius 1 is 1.41 bits per heavy atom. The van der Waals surface area contributed by atoms with Gasteiger partial charge in [-0.05, 0) is 44.8 Å². The van der Waals surface area contributed by atoms with Crippen LogP contribution in [0.4, 0.5) is 4.39 Å². The first-order chi connectivity index (χ1) is 7.94. The van der Waals surface area contributed by atoms with E-state index in [-0.39, 0.29) is 5.60 Å². The van der Waals surface area contributed by atoms with Crippen molar-refractivity contribution in [3.8, 4) is 0 Å². The number of halogens is 1. The number of hydrogen-bond acceptors (Lipinski definition) is 1. The standard InChI is InChI=1S/C15H23FO/c1-5-12-6-7-13(11-16)8-9-14(10-12)17-15(2,3)4/h6-8,10,12H,5,9,11H2,1-4H3/b7-6?,13-8+,14-10+. The number of hydrogen-bond donors (Lipinski definition) is 0. The summed E-state index contributed by atoms with van der Waals surface area (Å²) in [5.41, 5.74) is 0.545. The first kappa shape index (κ1) is 14.0. The van der Waals surface area contributed by atoms with E-state index in [2.05, 4.69) is 19.1 Å². The zero-order valence-corrected chi connectivity index (χ0v) is 11.3. The summed E-state index contributed by atoms with van der Waals surface area (Å²) in [4.78, 5) is 0. The molecular weight excluding hydrogens is 215 g/mol. The fourth-order valence-electron chi connectivity index (χ4n) is 1.73. The molecular formula is C15H23FO. The summed E-state index contributed by atoms with van der Waals surface area (Å²) in [6, 6.07) is 0. The summed E-state index contributed by atoms with van der Waals surface area (Å²) in [5, 5.41) is 0. The predicted molar refractivity (Wildman–Crippen MR) is 70.5 cm³/mol. The van der Waals surface area contributed by atoms with Crippen LogP contribution in [0.3, 0.4) is 0 Å². The molecule has 1 unspecified atom stereocenters. The minimum absolute atomic E-state index is 0.198. The molecule has 1 nitrogen and oxygen atoms in total. The van der Waals surface area contributed by atoms with E-state index in [0.29, 0.717) is 12.3 Å². The molecule has 0 aromatic rings. The van der Waals surface area contributed by atoms with Gasteiger partial charge in [0.15, 0.2) is 0 Å². The topological polar surface area (TPSA) is 9.23 Å². The van der Waals surface area contributed by atoms with Crippen molar-refractivity contribution in [2.45, 2.75) is 46.1 Å². The molecule has 0 fully saturated rings. The van der Waals surface area contributed by atoms with E-state index in [4.69, 9.17) is 4.74 Å². The molecule has 0 bridgehead atoms. The van der Waals surface area contributed by atoms with E-state index in [0.717, 1.165) is 17.8 Å². The van der Waals surface area contributed by atoms with Gasteiger partial charge in [0.1, 0.15) is 12.3 Å². The highest BCUT2D eigenvalue weighted by Gasteiger charge is 2.15. The highest BCUT2D eigenvalue weighted by Crippen LogP contribution is 2.23. The van der Waals surface area contributed by atoms with Gasteiger partial charge < -0.3 is 4.74 Å². The molecule has 0 saturated carbocycles. The zero-order valence-electron chi connectivity index (χ0n) is 11.3. The van der Waals surface area contributed by atoms with Gasteiger partial charge in [-0.15, -0.1) is 0 Å². The van der Waals surface area contributed by atoms with Gasteiger partial charge in [0.05, 0.1) is 5.76 Å². The van der Waals surface area contributed by atoms with E-state index in [1.807, 2.05) is 32.9 Å². The van der Waals surface area contributed by atoms with Crippen LogP contribution in [0.15, 0.2) is 35.6 Å². The molecule has 0 N–H and O–H groups in total. The molecule has 17 heavy (non-hydrogen) atoms. The summed E-state index contributed by atoms with van der Waals surface area (Å²) >= 11 is 0. The molecule has 0 saturated heterocycles. The van der Waals surface area contributed by atoms with Gasteiger partial charge in [-0.2, -0.15) is 0 Å². The molecule has 0 amide bonds. The molecule has 0 aromatic carbocycles. The fourth-order valence-corrected chi connectivity index (χ4v) is 1.73. The molecule has 0 spiro atoms. The average molecular weight is 238 g/mol. The van der Waals surface area contributed by atoms with Gasteiger partial charge in [0, 0.05) is 6.42 Å². The molecule has 1 aliphatic carbocycles. The number of ether oxygens (including phenoxy) is 1. The van der Waals surface area contributed by atoms with Crippen LogP contribution in [-0.4, -0.2) is 12.3 Å². The van der Waals surface area contributed by atoms with Gasteiger partial charge in [0.2, 0.25) is 0 Å². The smallest absolute Gasteiger partial charge is 0.114 e. The van der Waals surface area contributed by atoms with Crippen LogP contribution in [-0.2, 0) is 4.74 Å². The van der Waals surface area contributed by atoms with E-state index in [9.17, 15) is 4.39 Å². The fraction of sp³-hybridized carbons (Fsp3) is 0.600. The lowest BCUT2D eigenvalue weighted by molar-refractivity contribution is 0.0484. The van der Waals surface area contributed by atoms with Crippen molar-refractivity contribution in [1.82, 2.24) is 0 Å². The van der Waals surface area contributed by atoms with E-state index < -0.39 is 6.67 Å². The highest BCUT2D eigenvalue weighted by atomic mass is 19.1. The van der Waals surface area contributed by atoms with Crippen LogP contribution in [0.5, 0.6) is 0 Å². The Labute approximate surface area is 104 Å². The maximum absolute atomic E-state index is 12.7. The quantitative estimate of drug-likeness (QED) is 0.700. The normalized spacial score (nSPS) is 27.5. The molecule has 1 aliphatic rings. The van der Waals surface area contributed by atoms with Crippen LogP contribution in [0.25, 0.3) is 0 Å². The minimum Gasteiger partial charge on any atom is -0.492 e. The molecule has 2 heteroatoms. The van der Waals surface area contributed by atoms with Crippen LogP contribution in [0.1, 0.15) is 40.5 Å². The maximum Gasteiger partial charge on any atom is 0.114 e. The van der Waals surface area contributed by atoms with Crippen molar-refractivity contribution in [1.29, 1.82) is 0 Å². The maximum atomic E-state index is 12.7. The summed E-state index contributed by atoms with van der Waals surface area (Å²) in [6.07, 6.45) is 9.67. The van der Waals surface area contributed by atoms with Crippen molar-refractivity contribution in [2.75, 3.05) is 6.67 Å². The molecule has 0 aromatic heterocycles. The van der Waals surface area contributed by atoms with Gasteiger partial charge in [-0.3, -0.25) is 0 Å². The van der Waals surface area contributed by atoms with Gasteiger partial charge in [0.25, 0.3) is 0 Å². The Hall–Kier alpha value is -1.05. The monoisotopic (exact) mass is 238 g/mol. The number of alkyl halides is 1. The van der Waals surface area contributed by atoms with E-state index >= 15 is 0 Å². The largest absolute Gasteiger partial charge is 0.492 e. The Morgan fingerprint density at radius 3 is 2.65 bits per heavy atom. The Balaban J connectivity index is 2.88. The summed E-state index contributed by atoms with van der Waals surface area (Å²) in [5.74, 6) is 1.28. The molecule has 0 radical (unpaired) electrons. The third-order valence-electron chi connectivity index (χ3n) is 2.59. The molecule has 1 rings (SSSR count). The first-order valence-electron chi connectivity index (χ1n) is 6.27. The van der Waals surface area contributed by atoms with Crippen molar-refractivity contribution in [3.05, 3.63) is 35.6 Å². The van der Waals surface area contributed by atoms with Gasteiger partial charge in [-0.1, -0.05) is 25.2 Å². The number of allylic oxidation sites excluding steroid dienone is 5. The SMILES string of the molecule is CCC1C=C/C(CF)=C\C/C(OC(C)(C)C)=C\1. The molecule has 1 atom stereocenters. The lowest BCUT2D eigenvalue weighted by Gasteiger charge is -2.24. The predicted octanol–water partition coefficient (Wildman–Crippen LogP) is 4.57. The Bertz CT molecular complexity index is 331. The van der Waals surface area contributed by atoms with E-state index in [1.165, 1.54) is 0 Å². The summed E-state index contributed by atoms with van der Waals surface area (Å²) in [7, 11) is 0. The Kier molecular flexibility index (Phi) is 4.98. The van der Waals surface area contributed by atoms with Crippen molar-refractivity contribution in [3.63, 3.8) is 0 Å². The lowest BCUT2D eigenvalue weighted by atomic mass is 10.00. The summed E-state index contributed by atoms with van der Waals surface area (Å²) < 4.78 is 18.6. The Morgan fingerprint density at radius 2 is 2.12 bits per heavy atom. The van der Waals surface area contributed by atoms with Gasteiger partial charge >= 0.3 is 0 Å². The van der Waals surface area contributed by atoms with Crippen LogP contribution < -0.4 is 0 Å². The molecule has 0 heterocycles. The number of rotatable bonds is 3. The van der Waals surface area contributed by atoms with E-state index in [1.54, 1.807) is 0 Å². The summed E-state index contributed by atoms with van der Waals surface area (Å²) in [6.45, 7) is 7.81. The lowest BCUT2D eigenvalue weighted by Crippen LogP contribution is -2.19. The highest BCUT2D eigenvalue weighted by molar-refractivity contribution is 5.25. The minimum atomic E-state index is -0.407. The van der Waals surface area contributed by atoms with Gasteiger partial charge in [-0.25, -0.2) is 4.39 Å². The van der Waals surface area contributed by atoms with Crippen LogP contribution in [0, 0.1) is 5.92 Å². The van der Waals surface area contributed by atoms with Crippen LogP contribution >= 0.6 is 0 Å². The zero-order chi connectivity index (χ0) is 12.9. The first-order valence-corrected chi connectivity index (χ1v) is 6.27. The third kappa shape index (κ3) is 5.20. The van der Waals surface area contributed by atoms with Crippen molar-refractivity contribution in [2.24, 2.45) is 5.92 Å². The average Bonchev–Trinajstić information content (AvgIpc) is 2.21. The second-order valence-corrected chi connectivity index (χ2v) is 5.40. The van der Waals surface area contributed by atoms with Crippen LogP contribution in [0.2, 0.25) is 0 Å². The molecule has 96 valence electrons. The van der Waals surface area contributed by atoms with Crippen molar-refractivity contribution >= 4 is 0 Å².